The molecule has 0 aliphatic heterocycles. The summed E-state index contributed by atoms with van der Waals surface area (Å²) < 4.78 is 1.39. The van der Waals surface area contributed by atoms with Gasteiger partial charge in [0.05, 0.1) is 17.1 Å². The molecule has 0 bridgehead atoms. The van der Waals surface area contributed by atoms with Crippen LogP contribution in [0.5, 0.6) is 0 Å². The van der Waals surface area contributed by atoms with Gasteiger partial charge in [-0.1, -0.05) is 35.9 Å². The minimum atomic E-state index is -0.170. The number of hydrogen-bond donors (Lipinski definition) is 0. The van der Waals surface area contributed by atoms with Gasteiger partial charge in [0.2, 0.25) is 0 Å². The molecule has 5 nitrogen and oxygen atoms in total. The van der Waals surface area contributed by atoms with Crippen molar-refractivity contribution in [2.75, 3.05) is 0 Å². The van der Waals surface area contributed by atoms with Crippen LogP contribution < -0.4 is 0 Å². The van der Waals surface area contributed by atoms with Gasteiger partial charge < -0.3 is 0 Å². The first kappa shape index (κ1) is 15.8. The molecule has 0 atom stereocenters. The van der Waals surface area contributed by atoms with E-state index in [-0.39, 0.29) is 5.91 Å². The predicted molar refractivity (Wildman–Crippen MR) is 93.2 cm³/mol. The van der Waals surface area contributed by atoms with Crippen molar-refractivity contribution in [1.29, 1.82) is 0 Å². The summed E-state index contributed by atoms with van der Waals surface area (Å²) >= 11 is 0. The molecular formula is C19H18N4O. The summed E-state index contributed by atoms with van der Waals surface area (Å²) in [7, 11) is 0. The Hall–Kier alpha value is -3.08. The van der Waals surface area contributed by atoms with E-state index in [1.165, 1.54) is 4.68 Å². The fourth-order valence-electron chi connectivity index (χ4n) is 2.40. The molecule has 3 rings (SSSR count). The fraction of sp³-hybridized carbons (Fsp3) is 0.158. The van der Waals surface area contributed by atoms with E-state index in [4.69, 9.17) is 0 Å². The van der Waals surface area contributed by atoms with E-state index in [1.807, 2.05) is 63.2 Å². The lowest BCUT2D eigenvalue weighted by atomic mass is 10.1. The Labute approximate surface area is 140 Å². The molecule has 0 aliphatic carbocycles. The molecule has 120 valence electrons. The highest BCUT2D eigenvalue weighted by Gasteiger charge is 2.17. The number of hydrogen-bond acceptors (Lipinski definition) is 4. The highest BCUT2D eigenvalue weighted by Crippen LogP contribution is 2.26. The first-order valence-electron chi connectivity index (χ1n) is 7.70. The van der Waals surface area contributed by atoms with Gasteiger partial charge in [0, 0.05) is 5.56 Å². The maximum atomic E-state index is 12.6. The Kier molecular flexibility index (Phi) is 4.33. The molecule has 0 saturated carbocycles. The van der Waals surface area contributed by atoms with Gasteiger partial charge in [0.15, 0.2) is 0 Å². The normalized spacial score (nSPS) is 11.1. The third-order valence-electron chi connectivity index (χ3n) is 3.77. The Morgan fingerprint density at radius 3 is 2.25 bits per heavy atom. The summed E-state index contributed by atoms with van der Waals surface area (Å²) in [5.41, 5.74) is 4.44. The number of benzene rings is 2. The number of carbonyl (C=O) groups excluding carboxylic acids is 1. The van der Waals surface area contributed by atoms with Crippen LogP contribution in [-0.4, -0.2) is 15.7 Å². The average molecular weight is 318 g/mol. The summed E-state index contributed by atoms with van der Waals surface area (Å²) in [6.07, 6.45) is 0. The van der Waals surface area contributed by atoms with Crippen LogP contribution >= 0.6 is 0 Å². The number of rotatable bonds is 3. The molecular weight excluding hydrogens is 300 g/mol. The molecule has 5 heteroatoms. The summed E-state index contributed by atoms with van der Waals surface area (Å²) in [5.74, 6) is -0.170. The molecule has 2 aromatic carbocycles. The zero-order chi connectivity index (χ0) is 17.1. The van der Waals surface area contributed by atoms with Crippen LogP contribution in [0.2, 0.25) is 0 Å². The molecule has 0 N–H and O–H groups in total. The molecule has 3 aromatic rings. The van der Waals surface area contributed by atoms with Crippen LogP contribution in [0, 0.1) is 20.8 Å². The molecule has 1 aromatic heterocycles. The maximum Gasteiger partial charge on any atom is 0.278 e. The molecule has 0 radical (unpaired) electrons. The smallest absolute Gasteiger partial charge is 0.267 e. The van der Waals surface area contributed by atoms with Gasteiger partial charge in [-0.25, -0.2) is 0 Å². The van der Waals surface area contributed by atoms with Crippen LogP contribution in [0.25, 0.3) is 0 Å². The van der Waals surface area contributed by atoms with Crippen molar-refractivity contribution in [1.82, 2.24) is 9.78 Å². The highest BCUT2D eigenvalue weighted by molar-refractivity contribution is 5.96. The largest absolute Gasteiger partial charge is 0.278 e. The van der Waals surface area contributed by atoms with Gasteiger partial charge >= 0.3 is 0 Å². The molecule has 0 amide bonds. The number of nitrogens with zero attached hydrogens (tertiary/aromatic N) is 4. The van der Waals surface area contributed by atoms with Gasteiger partial charge in [-0.3, -0.25) is 4.79 Å². The van der Waals surface area contributed by atoms with Gasteiger partial charge in [0.25, 0.3) is 5.91 Å². The Morgan fingerprint density at radius 1 is 0.917 bits per heavy atom. The zero-order valence-electron chi connectivity index (χ0n) is 13.9. The first-order chi connectivity index (χ1) is 11.6. The number of carbonyl (C=O) groups is 1. The van der Waals surface area contributed by atoms with Gasteiger partial charge in [0.1, 0.15) is 5.69 Å². The fourth-order valence-corrected chi connectivity index (χ4v) is 2.40. The molecule has 24 heavy (non-hydrogen) atoms. The van der Waals surface area contributed by atoms with Crippen molar-refractivity contribution >= 4 is 17.3 Å². The zero-order valence-corrected chi connectivity index (χ0v) is 13.9. The van der Waals surface area contributed by atoms with E-state index in [9.17, 15) is 4.79 Å². The number of azo groups is 1. The van der Waals surface area contributed by atoms with Gasteiger partial charge in [-0.05, 0) is 45.0 Å². The van der Waals surface area contributed by atoms with E-state index in [0.717, 1.165) is 11.3 Å². The minimum Gasteiger partial charge on any atom is -0.267 e. The van der Waals surface area contributed by atoms with Crippen molar-refractivity contribution in [3.63, 3.8) is 0 Å². The second kappa shape index (κ2) is 6.58. The van der Waals surface area contributed by atoms with Gasteiger partial charge in [-0.15, -0.1) is 5.11 Å². The molecule has 0 spiro atoms. The second-order valence-electron chi connectivity index (χ2n) is 5.64. The summed E-state index contributed by atoms with van der Waals surface area (Å²) in [4.78, 5) is 12.6. The summed E-state index contributed by atoms with van der Waals surface area (Å²) in [6.45, 7) is 5.64. The lowest BCUT2D eigenvalue weighted by Crippen LogP contribution is -2.15. The van der Waals surface area contributed by atoms with Crippen molar-refractivity contribution in [3.8, 4) is 0 Å². The lowest BCUT2D eigenvalue weighted by molar-refractivity contribution is 0.0942. The van der Waals surface area contributed by atoms with Crippen LogP contribution in [0.4, 0.5) is 11.4 Å². The number of aryl methyl sites for hydroxylation is 2. The minimum absolute atomic E-state index is 0.170. The van der Waals surface area contributed by atoms with Crippen molar-refractivity contribution in [2.45, 2.75) is 20.8 Å². The predicted octanol–water partition coefficient (Wildman–Crippen LogP) is 4.91. The molecule has 1 heterocycles. The van der Waals surface area contributed by atoms with Crippen molar-refractivity contribution in [2.24, 2.45) is 10.2 Å². The molecule has 0 fully saturated rings. The van der Waals surface area contributed by atoms with E-state index in [2.05, 4.69) is 15.3 Å². The lowest BCUT2D eigenvalue weighted by Gasteiger charge is -2.03. The monoisotopic (exact) mass is 318 g/mol. The topological polar surface area (TPSA) is 59.6 Å². The third kappa shape index (κ3) is 3.15. The Bertz CT molecular complexity index is 893. The van der Waals surface area contributed by atoms with E-state index < -0.39 is 0 Å². The van der Waals surface area contributed by atoms with Crippen LogP contribution in [0.15, 0.2) is 64.8 Å². The molecule has 0 unspecified atom stereocenters. The second-order valence-corrected chi connectivity index (χ2v) is 5.64. The van der Waals surface area contributed by atoms with Crippen molar-refractivity contribution in [3.05, 3.63) is 77.1 Å². The Morgan fingerprint density at radius 2 is 1.58 bits per heavy atom. The summed E-state index contributed by atoms with van der Waals surface area (Å²) in [6, 6.07) is 16.9. The standard InChI is InChI=1S/C19H18N4O/c1-13-9-11-16(12-10-13)19(24)23-15(3)18(14(2)22-23)21-20-17-7-5-4-6-8-17/h4-12H,1-3H3. The van der Waals surface area contributed by atoms with Crippen LogP contribution in [0.3, 0.4) is 0 Å². The molecule has 0 aliphatic rings. The van der Waals surface area contributed by atoms with Crippen LogP contribution in [-0.2, 0) is 0 Å². The van der Waals surface area contributed by atoms with Gasteiger partial charge in [-0.2, -0.15) is 14.9 Å². The quantitative estimate of drug-likeness (QED) is 0.644. The third-order valence-corrected chi connectivity index (χ3v) is 3.77. The highest BCUT2D eigenvalue weighted by atomic mass is 16.2. The Balaban J connectivity index is 1.93. The first-order valence-corrected chi connectivity index (χ1v) is 7.70. The average Bonchev–Trinajstić information content (AvgIpc) is 2.88. The van der Waals surface area contributed by atoms with E-state index in [1.54, 1.807) is 12.1 Å². The number of aromatic nitrogens is 2. The van der Waals surface area contributed by atoms with Crippen LogP contribution in [0.1, 0.15) is 27.3 Å². The van der Waals surface area contributed by atoms with E-state index in [0.29, 0.717) is 22.6 Å². The van der Waals surface area contributed by atoms with Crippen molar-refractivity contribution < 1.29 is 4.79 Å². The van der Waals surface area contributed by atoms with E-state index >= 15 is 0 Å². The molecule has 0 saturated heterocycles. The SMILES string of the molecule is Cc1ccc(C(=O)n2nc(C)c(N=Nc3ccccc3)c2C)cc1. The maximum absolute atomic E-state index is 12.6. The summed E-state index contributed by atoms with van der Waals surface area (Å²) in [5, 5.41) is 12.8.